The molecule has 5 heteroatoms. The van der Waals surface area contributed by atoms with E-state index in [9.17, 15) is 13.2 Å². The molecule has 1 aliphatic heterocycles. The second-order valence-electron chi connectivity index (χ2n) is 5.05. The average molecular weight is 252 g/mol. The summed E-state index contributed by atoms with van der Waals surface area (Å²) < 4.78 is 35.6. The van der Waals surface area contributed by atoms with Crippen LogP contribution in [0.3, 0.4) is 0 Å². The Bertz CT molecular complexity index is 206. The third-order valence-electron chi connectivity index (χ3n) is 3.22. The van der Waals surface area contributed by atoms with Gasteiger partial charge in [-0.1, -0.05) is 0 Å². The van der Waals surface area contributed by atoms with Crippen molar-refractivity contribution >= 4 is 0 Å². The lowest BCUT2D eigenvalue weighted by atomic mass is 9.98. The molecule has 0 aromatic heterocycles. The molecular weight excluding hydrogens is 229 g/mol. The Hall–Kier alpha value is -0.290. The quantitative estimate of drug-likeness (QED) is 0.731. The van der Waals surface area contributed by atoms with Gasteiger partial charge >= 0.3 is 6.18 Å². The van der Waals surface area contributed by atoms with Crippen molar-refractivity contribution in [1.82, 2.24) is 10.2 Å². The highest BCUT2D eigenvalue weighted by Gasteiger charge is 2.25. The summed E-state index contributed by atoms with van der Waals surface area (Å²) in [6, 6.07) is 0. The Labute approximate surface area is 102 Å². The van der Waals surface area contributed by atoms with Crippen molar-refractivity contribution in [2.75, 3.05) is 33.2 Å². The zero-order valence-electron chi connectivity index (χ0n) is 10.5. The van der Waals surface area contributed by atoms with Gasteiger partial charge in [0, 0.05) is 13.0 Å². The summed E-state index contributed by atoms with van der Waals surface area (Å²) in [5.41, 5.74) is 0. The van der Waals surface area contributed by atoms with Crippen LogP contribution < -0.4 is 5.32 Å². The second kappa shape index (κ2) is 7.21. The van der Waals surface area contributed by atoms with Crippen molar-refractivity contribution in [1.29, 1.82) is 0 Å². The molecule has 0 aliphatic carbocycles. The Morgan fingerprint density at radius 3 is 2.71 bits per heavy atom. The molecule has 1 atom stereocenters. The number of hydrogen-bond donors (Lipinski definition) is 1. The van der Waals surface area contributed by atoms with E-state index in [-0.39, 0.29) is 6.42 Å². The number of hydrogen-bond acceptors (Lipinski definition) is 2. The summed E-state index contributed by atoms with van der Waals surface area (Å²) in [4.78, 5) is 2.32. The van der Waals surface area contributed by atoms with Crippen molar-refractivity contribution < 1.29 is 13.2 Å². The molecular formula is C12H23F3N2. The molecule has 0 amide bonds. The molecule has 102 valence electrons. The van der Waals surface area contributed by atoms with Gasteiger partial charge in [0.1, 0.15) is 0 Å². The van der Waals surface area contributed by atoms with Gasteiger partial charge < -0.3 is 10.2 Å². The van der Waals surface area contributed by atoms with E-state index in [0.29, 0.717) is 18.9 Å². The highest BCUT2D eigenvalue weighted by atomic mass is 19.4. The maximum Gasteiger partial charge on any atom is 0.389 e. The number of halogens is 3. The molecule has 0 bridgehead atoms. The first-order valence-electron chi connectivity index (χ1n) is 6.43. The number of alkyl halides is 3. The van der Waals surface area contributed by atoms with Gasteiger partial charge in [-0.05, 0) is 58.3 Å². The standard InChI is InChI=1S/C12H23F3N2/c1-17-8-4-5-11(10-17)9-16-7-3-2-6-12(13,14)15/h11,16H,2-10H2,1H3. The van der Waals surface area contributed by atoms with Gasteiger partial charge in [0.15, 0.2) is 0 Å². The van der Waals surface area contributed by atoms with E-state index in [4.69, 9.17) is 0 Å². The van der Waals surface area contributed by atoms with Crippen LogP contribution in [0.2, 0.25) is 0 Å². The zero-order chi connectivity index (χ0) is 12.7. The van der Waals surface area contributed by atoms with Gasteiger partial charge in [-0.2, -0.15) is 13.2 Å². The van der Waals surface area contributed by atoms with Crippen molar-refractivity contribution in [3.63, 3.8) is 0 Å². The Balaban J connectivity index is 1.93. The van der Waals surface area contributed by atoms with Gasteiger partial charge in [0.25, 0.3) is 0 Å². The van der Waals surface area contributed by atoms with Crippen molar-refractivity contribution in [2.45, 2.75) is 38.3 Å². The number of likely N-dealkylation sites (tertiary alicyclic amines) is 1. The monoisotopic (exact) mass is 252 g/mol. The summed E-state index contributed by atoms with van der Waals surface area (Å²) >= 11 is 0. The number of nitrogens with one attached hydrogen (secondary N) is 1. The van der Waals surface area contributed by atoms with Gasteiger partial charge in [-0.25, -0.2) is 0 Å². The topological polar surface area (TPSA) is 15.3 Å². The Kier molecular flexibility index (Phi) is 6.27. The molecule has 0 radical (unpaired) electrons. The van der Waals surface area contributed by atoms with Crippen molar-refractivity contribution in [2.24, 2.45) is 5.92 Å². The Morgan fingerprint density at radius 2 is 2.06 bits per heavy atom. The van der Waals surface area contributed by atoms with Crippen LogP contribution in [0.1, 0.15) is 32.1 Å². The molecule has 0 spiro atoms. The minimum atomic E-state index is -3.99. The summed E-state index contributed by atoms with van der Waals surface area (Å²) in [5.74, 6) is 0.663. The number of piperidine rings is 1. The molecule has 1 saturated heterocycles. The van der Waals surface area contributed by atoms with Crippen molar-refractivity contribution in [3.8, 4) is 0 Å². The minimum Gasteiger partial charge on any atom is -0.316 e. The molecule has 0 aromatic rings. The highest BCUT2D eigenvalue weighted by Crippen LogP contribution is 2.21. The predicted molar refractivity (Wildman–Crippen MR) is 63.0 cm³/mol. The lowest BCUT2D eigenvalue weighted by molar-refractivity contribution is -0.135. The van der Waals surface area contributed by atoms with E-state index in [2.05, 4.69) is 17.3 Å². The predicted octanol–water partition coefficient (Wildman–Crippen LogP) is 2.65. The van der Waals surface area contributed by atoms with E-state index in [1.54, 1.807) is 0 Å². The number of nitrogens with zero attached hydrogens (tertiary/aromatic N) is 1. The van der Waals surface area contributed by atoms with E-state index in [0.717, 1.165) is 13.1 Å². The normalized spacial score (nSPS) is 22.9. The first-order chi connectivity index (χ1) is 7.97. The maximum atomic E-state index is 11.9. The Morgan fingerprint density at radius 1 is 1.29 bits per heavy atom. The van der Waals surface area contributed by atoms with E-state index in [1.165, 1.54) is 19.4 Å². The fourth-order valence-electron chi connectivity index (χ4n) is 2.32. The summed E-state index contributed by atoms with van der Waals surface area (Å²) in [6.45, 7) is 3.92. The molecule has 1 N–H and O–H groups in total. The average Bonchev–Trinajstić information content (AvgIpc) is 2.22. The van der Waals surface area contributed by atoms with Gasteiger partial charge in [-0.3, -0.25) is 0 Å². The summed E-state index contributed by atoms with van der Waals surface area (Å²) in [6.07, 6.45) is -1.33. The van der Waals surface area contributed by atoms with Crippen LogP contribution in [0.5, 0.6) is 0 Å². The molecule has 0 aromatic carbocycles. The van der Waals surface area contributed by atoms with Gasteiger partial charge in [0.05, 0.1) is 0 Å². The van der Waals surface area contributed by atoms with Crippen LogP contribution in [0, 0.1) is 5.92 Å². The van der Waals surface area contributed by atoms with Crippen LogP contribution in [0.25, 0.3) is 0 Å². The van der Waals surface area contributed by atoms with Crippen molar-refractivity contribution in [3.05, 3.63) is 0 Å². The van der Waals surface area contributed by atoms with Crippen LogP contribution in [0.4, 0.5) is 13.2 Å². The fraction of sp³-hybridized carbons (Fsp3) is 1.00. The van der Waals surface area contributed by atoms with Crippen LogP contribution >= 0.6 is 0 Å². The first-order valence-corrected chi connectivity index (χ1v) is 6.43. The molecule has 0 saturated carbocycles. The third-order valence-corrected chi connectivity index (χ3v) is 3.22. The third kappa shape index (κ3) is 7.60. The van der Waals surface area contributed by atoms with E-state index in [1.807, 2.05) is 0 Å². The summed E-state index contributed by atoms with van der Waals surface area (Å²) in [5, 5.41) is 3.27. The molecule has 1 aliphatic rings. The summed E-state index contributed by atoms with van der Waals surface area (Å²) in [7, 11) is 2.12. The lowest BCUT2D eigenvalue weighted by Crippen LogP contribution is -2.37. The van der Waals surface area contributed by atoms with Crippen LogP contribution in [-0.2, 0) is 0 Å². The smallest absolute Gasteiger partial charge is 0.316 e. The number of unbranched alkanes of at least 4 members (excludes halogenated alkanes) is 1. The minimum absolute atomic E-state index is 0.237. The first kappa shape index (κ1) is 14.8. The SMILES string of the molecule is CN1CCCC(CNCCCCC(F)(F)F)C1. The van der Waals surface area contributed by atoms with E-state index >= 15 is 0 Å². The molecule has 2 nitrogen and oxygen atoms in total. The molecule has 1 unspecified atom stereocenters. The van der Waals surface area contributed by atoms with Crippen LogP contribution in [0.15, 0.2) is 0 Å². The maximum absolute atomic E-state index is 11.9. The molecule has 1 fully saturated rings. The lowest BCUT2D eigenvalue weighted by Gasteiger charge is -2.29. The van der Waals surface area contributed by atoms with Gasteiger partial charge in [-0.15, -0.1) is 0 Å². The fourth-order valence-corrected chi connectivity index (χ4v) is 2.32. The number of rotatable bonds is 6. The molecule has 1 heterocycles. The molecule has 1 rings (SSSR count). The largest absolute Gasteiger partial charge is 0.389 e. The van der Waals surface area contributed by atoms with Crippen LogP contribution in [-0.4, -0.2) is 44.3 Å². The highest BCUT2D eigenvalue weighted by molar-refractivity contribution is 4.72. The van der Waals surface area contributed by atoms with E-state index < -0.39 is 12.6 Å². The second-order valence-corrected chi connectivity index (χ2v) is 5.05. The van der Waals surface area contributed by atoms with Gasteiger partial charge in [0.2, 0.25) is 0 Å². The zero-order valence-corrected chi connectivity index (χ0v) is 10.5. The molecule has 17 heavy (non-hydrogen) atoms.